The second-order valence-electron chi connectivity index (χ2n) is 4.26. The summed E-state index contributed by atoms with van der Waals surface area (Å²) in [4.78, 5) is 35.7. The van der Waals surface area contributed by atoms with Gasteiger partial charge in [0.05, 0.1) is 6.54 Å². The van der Waals surface area contributed by atoms with Crippen molar-refractivity contribution < 1.29 is 14.4 Å². The number of Topliss-reactive ketones (excluding diaryl/α,β-unsaturated/α-hetero) is 1. The highest BCUT2D eigenvalue weighted by atomic mass is 16.2. The summed E-state index contributed by atoms with van der Waals surface area (Å²) in [5.41, 5.74) is 10.6. The van der Waals surface area contributed by atoms with Crippen molar-refractivity contribution in [3.8, 4) is 0 Å². The maximum Gasteiger partial charge on any atom is 0.221 e. The van der Waals surface area contributed by atoms with E-state index in [2.05, 4.69) is 5.32 Å². The summed E-state index contributed by atoms with van der Waals surface area (Å²) in [6, 6.07) is 0. The van der Waals surface area contributed by atoms with Crippen LogP contribution in [-0.4, -0.2) is 55.2 Å². The Kier molecular flexibility index (Phi) is 9.64. The first-order chi connectivity index (χ1) is 9.01. The number of nitrogens with one attached hydrogen (secondary N) is 1. The Bertz CT molecular complexity index is 307. The molecule has 0 aliphatic heterocycles. The molecule has 0 aromatic carbocycles. The molecular formula is C12H24N4O3. The van der Waals surface area contributed by atoms with Crippen LogP contribution in [0.4, 0.5) is 0 Å². The molecule has 0 aromatic heterocycles. The van der Waals surface area contributed by atoms with Crippen LogP contribution in [0.2, 0.25) is 0 Å². The molecule has 0 spiro atoms. The number of nitrogens with two attached hydrogens (primary N) is 2. The molecule has 5 N–H and O–H groups in total. The Hall–Kier alpha value is -1.47. The van der Waals surface area contributed by atoms with Crippen LogP contribution in [-0.2, 0) is 14.4 Å². The summed E-state index contributed by atoms with van der Waals surface area (Å²) in [7, 11) is 0. The molecule has 19 heavy (non-hydrogen) atoms. The van der Waals surface area contributed by atoms with E-state index in [1.807, 2.05) is 0 Å². The number of rotatable bonds is 10. The number of carbonyl (C=O) groups is 3. The summed E-state index contributed by atoms with van der Waals surface area (Å²) >= 11 is 0. The lowest BCUT2D eigenvalue weighted by Gasteiger charge is -2.19. The number of hydrogen-bond donors (Lipinski definition) is 3. The minimum Gasteiger partial charge on any atom is -0.355 e. The standard InChI is InChI=1S/C12H24N4O3/c1-10(17)16(9-11(18)3-2-5-13)8-4-12(19)15-7-6-14/h2-9,13-14H2,1H3,(H,15,19). The summed E-state index contributed by atoms with van der Waals surface area (Å²) < 4.78 is 0. The molecule has 110 valence electrons. The van der Waals surface area contributed by atoms with Gasteiger partial charge in [0.2, 0.25) is 11.8 Å². The van der Waals surface area contributed by atoms with Crippen molar-refractivity contribution in [3.63, 3.8) is 0 Å². The van der Waals surface area contributed by atoms with Gasteiger partial charge in [-0.05, 0) is 13.0 Å². The second kappa shape index (κ2) is 10.5. The lowest BCUT2D eigenvalue weighted by molar-refractivity contribution is -0.134. The monoisotopic (exact) mass is 272 g/mol. The molecule has 0 aromatic rings. The second-order valence-corrected chi connectivity index (χ2v) is 4.26. The van der Waals surface area contributed by atoms with Gasteiger partial charge in [-0.25, -0.2) is 0 Å². The van der Waals surface area contributed by atoms with Gasteiger partial charge in [0.25, 0.3) is 0 Å². The van der Waals surface area contributed by atoms with Crippen molar-refractivity contribution in [1.29, 1.82) is 0 Å². The average molecular weight is 272 g/mol. The lowest BCUT2D eigenvalue weighted by Crippen LogP contribution is -2.38. The van der Waals surface area contributed by atoms with Crippen LogP contribution in [0.3, 0.4) is 0 Å². The van der Waals surface area contributed by atoms with E-state index in [9.17, 15) is 14.4 Å². The summed E-state index contributed by atoms with van der Waals surface area (Å²) in [6.07, 6.45) is 1.14. The molecule has 0 heterocycles. The predicted octanol–water partition coefficient (Wildman–Crippen LogP) is -1.39. The molecule has 0 fully saturated rings. The molecule has 0 radical (unpaired) electrons. The number of carbonyl (C=O) groups excluding carboxylic acids is 3. The fraction of sp³-hybridized carbons (Fsp3) is 0.750. The predicted molar refractivity (Wildman–Crippen MR) is 72.2 cm³/mol. The zero-order chi connectivity index (χ0) is 14.7. The molecule has 0 aliphatic carbocycles. The fourth-order valence-corrected chi connectivity index (χ4v) is 1.48. The number of amides is 2. The van der Waals surface area contributed by atoms with Gasteiger partial charge < -0.3 is 21.7 Å². The van der Waals surface area contributed by atoms with Crippen molar-refractivity contribution in [2.75, 3.05) is 32.7 Å². The SMILES string of the molecule is CC(=O)N(CCC(=O)NCCN)CC(=O)CCCN. The van der Waals surface area contributed by atoms with Crippen molar-refractivity contribution in [1.82, 2.24) is 10.2 Å². The Morgan fingerprint density at radius 3 is 2.32 bits per heavy atom. The fourth-order valence-electron chi connectivity index (χ4n) is 1.48. The molecule has 7 nitrogen and oxygen atoms in total. The molecule has 0 bridgehead atoms. The number of ketones is 1. The van der Waals surface area contributed by atoms with Gasteiger partial charge >= 0.3 is 0 Å². The van der Waals surface area contributed by atoms with Gasteiger partial charge in [-0.15, -0.1) is 0 Å². The molecular weight excluding hydrogens is 248 g/mol. The third-order valence-electron chi connectivity index (χ3n) is 2.55. The Morgan fingerprint density at radius 2 is 1.79 bits per heavy atom. The van der Waals surface area contributed by atoms with Crippen LogP contribution in [0, 0.1) is 0 Å². The van der Waals surface area contributed by atoms with E-state index >= 15 is 0 Å². The van der Waals surface area contributed by atoms with Crippen LogP contribution in [0.15, 0.2) is 0 Å². The molecule has 0 atom stereocenters. The van der Waals surface area contributed by atoms with E-state index in [1.54, 1.807) is 0 Å². The molecule has 2 amide bonds. The molecule has 0 rings (SSSR count). The van der Waals surface area contributed by atoms with E-state index in [0.29, 0.717) is 32.5 Å². The first-order valence-corrected chi connectivity index (χ1v) is 6.45. The van der Waals surface area contributed by atoms with Gasteiger partial charge in [-0.2, -0.15) is 0 Å². The molecule has 0 aliphatic rings. The van der Waals surface area contributed by atoms with Crippen LogP contribution >= 0.6 is 0 Å². The van der Waals surface area contributed by atoms with Gasteiger partial charge in [-0.1, -0.05) is 0 Å². The highest BCUT2D eigenvalue weighted by molar-refractivity contribution is 5.85. The van der Waals surface area contributed by atoms with Gasteiger partial charge in [-0.3, -0.25) is 14.4 Å². The van der Waals surface area contributed by atoms with E-state index < -0.39 is 0 Å². The quantitative estimate of drug-likeness (QED) is 0.452. The van der Waals surface area contributed by atoms with E-state index in [-0.39, 0.29) is 37.1 Å². The van der Waals surface area contributed by atoms with Gasteiger partial charge in [0.1, 0.15) is 0 Å². The van der Waals surface area contributed by atoms with Crippen LogP contribution in [0.1, 0.15) is 26.2 Å². The highest BCUT2D eigenvalue weighted by Gasteiger charge is 2.14. The van der Waals surface area contributed by atoms with E-state index in [4.69, 9.17) is 11.5 Å². The van der Waals surface area contributed by atoms with E-state index in [1.165, 1.54) is 11.8 Å². The molecule has 7 heteroatoms. The topological polar surface area (TPSA) is 119 Å². The van der Waals surface area contributed by atoms with Crippen molar-refractivity contribution in [3.05, 3.63) is 0 Å². The minimum atomic E-state index is -0.215. The zero-order valence-corrected chi connectivity index (χ0v) is 11.5. The zero-order valence-electron chi connectivity index (χ0n) is 11.5. The smallest absolute Gasteiger partial charge is 0.221 e. The largest absolute Gasteiger partial charge is 0.355 e. The molecule has 0 saturated heterocycles. The average Bonchev–Trinajstić information content (AvgIpc) is 2.38. The molecule has 0 saturated carbocycles. The van der Waals surface area contributed by atoms with Crippen LogP contribution in [0.25, 0.3) is 0 Å². The lowest BCUT2D eigenvalue weighted by atomic mass is 10.2. The van der Waals surface area contributed by atoms with Crippen molar-refractivity contribution in [2.45, 2.75) is 26.2 Å². The Balaban J connectivity index is 4.08. The first kappa shape index (κ1) is 17.5. The van der Waals surface area contributed by atoms with Gasteiger partial charge in [0, 0.05) is 39.4 Å². The molecule has 0 unspecified atom stereocenters. The van der Waals surface area contributed by atoms with Crippen LogP contribution < -0.4 is 16.8 Å². The highest BCUT2D eigenvalue weighted by Crippen LogP contribution is 1.97. The van der Waals surface area contributed by atoms with Crippen molar-refractivity contribution >= 4 is 17.6 Å². The third-order valence-corrected chi connectivity index (χ3v) is 2.55. The van der Waals surface area contributed by atoms with E-state index in [0.717, 1.165) is 0 Å². The normalized spacial score (nSPS) is 10.1. The summed E-state index contributed by atoms with van der Waals surface area (Å²) in [6.45, 7) is 2.90. The maximum atomic E-state index is 11.6. The minimum absolute atomic E-state index is 0.0389. The maximum absolute atomic E-state index is 11.6. The summed E-state index contributed by atoms with van der Waals surface area (Å²) in [5.74, 6) is -0.429. The first-order valence-electron chi connectivity index (χ1n) is 6.45. The van der Waals surface area contributed by atoms with Gasteiger partial charge in [0.15, 0.2) is 5.78 Å². The number of nitrogens with zero attached hydrogens (tertiary/aromatic N) is 1. The Morgan fingerprint density at radius 1 is 1.11 bits per heavy atom. The third kappa shape index (κ3) is 9.15. The van der Waals surface area contributed by atoms with Crippen molar-refractivity contribution in [2.24, 2.45) is 11.5 Å². The van der Waals surface area contributed by atoms with Crippen LogP contribution in [0.5, 0.6) is 0 Å². The summed E-state index contributed by atoms with van der Waals surface area (Å²) in [5, 5.41) is 2.61. The Labute approximate surface area is 113 Å². The number of hydrogen-bond acceptors (Lipinski definition) is 5.